The lowest BCUT2D eigenvalue weighted by Gasteiger charge is -2.54. The molecule has 0 bridgehead atoms. The molecule has 2 aliphatic carbocycles. The van der Waals surface area contributed by atoms with Gasteiger partial charge in [-0.15, -0.1) is 0 Å². The summed E-state index contributed by atoms with van der Waals surface area (Å²) in [5.74, 6) is 0.927. The van der Waals surface area contributed by atoms with E-state index in [1.165, 1.54) is 32.1 Å². The Morgan fingerprint density at radius 3 is 2.62 bits per heavy atom. The summed E-state index contributed by atoms with van der Waals surface area (Å²) in [6, 6.07) is 10.6. The van der Waals surface area contributed by atoms with Crippen LogP contribution in [0.5, 0.6) is 5.75 Å². The van der Waals surface area contributed by atoms with E-state index in [9.17, 15) is 0 Å². The van der Waals surface area contributed by atoms with Gasteiger partial charge in [0.2, 0.25) is 0 Å². The zero-order valence-electron chi connectivity index (χ0n) is 13.0. The molecule has 0 saturated heterocycles. The van der Waals surface area contributed by atoms with E-state index < -0.39 is 0 Å². The van der Waals surface area contributed by atoms with Crippen molar-refractivity contribution in [3.8, 4) is 5.75 Å². The molecule has 3 rings (SSSR count). The summed E-state index contributed by atoms with van der Waals surface area (Å²) < 4.78 is 11.9. The molecule has 0 radical (unpaired) electrons. The predicted octanol–water partition coefficient (Wildman–Crippen LogP) is 3.39. The average molecular weight is 289 g/mol. The normalized spacial score (nSPS) is 26.7. The third-order valence-corrected chi connectivity index (χ3v) is 5.18. The zero-order chi connectivity index (χ0) is 14.5. The summed E-state index contributed by atoms with van der Waals surface area (Å²) >= 11 is 0. The maximum absolute atomic E-state index is 6.15. The van der Waals surface area contributed by atoms with Gasteiger partial charge >= 0.3 is 0 Å². The van der Waals surface area contributed by atoms with Crippen molar-refractivity contribution in [3.05, 3.63) is 30.3 Å². The van der Waals surface area contributed by atoms with Gasteiger partial charge in [0.1, 0.15) is 12.4 Å². The van der Waals surface area contributed by atoms with E-state index in [4.69, 9.17) is 9.47 Å². The Kier molecular flexibility index (Phi) is 4.81. The highest BCUT2D eigenvalue weighted by Crippen LogP contribution is 2.54. The van der Waals surface area contributed by atoms with Gasteiger partial charge in [0, 0.05) is 11.5 Å². The minimum absolute atomic E-state index is 0.419. The van der Waals surface area contributed by atoms with Gasteiger partial charge in [0.15, 0.2) is 0 Å². The minimum atomic E-state index is 0.419. The van der Waals surface area contributed by atoms with Crippen LogP contribution in [0, 0.1) is 5.41 Å². The molecule has 1 N–H and O–H groups in total. The van der Waals surface area contributed by atoms with E-state index in [1.807, 2.05) is 30.3 Å². The Hall–Kier alpha value is -1.06. The number of hydrogen-bond donors (Lipinski definition) is 1. The highest BCUT2D eigenvalue weighted by Gasteiger charge is 2.56. The van der Waals surface area contributed by atoms with Crippen molar-refractivity contribution in [1.29, 1.82) is 0 Å². The highest BCUT2D eigenvalue weighted by molar-refractivity contribution is 5.20. The largest absolute Gasteiger partial charge is 0.491 e. The molecule has 116 valence electrons. The molecule has 2 fully saturated rings. The van der Waals surface area contributed by atoms with Crippen molar-refractivity contribution in [2.24, 2.45) is 5.41 Å². The minimum Gasteiger partial charge on any atom is -0.491 e. The zero-order valence-corrected chi connectivity index (χ0v) is 13.0. The molecule has 2 unspecified atom stereocenters. The maximum atomic E-state index is 6.15. The molecule has 2 atom stereocenters. The number of para-hydroxylation sites is 1. The molecular formula is C18H27NO2. The van der Waals surface area contributed by atoms with Gasteiger partial charge in [-0.1, -0.05) is 38.0 Å². The fourth-order valence-corrected chi connectivity index (χ4v) is 4.08. The number of nitrogens with one attached hydrogen (secondary N) is 1. The van der Waals surface area contributed by atoms with Crippen LogP contribution in [0.2, 0.25) is 0 Å². The number of benzene rings is 1. The summed E-state index contributed by atoms with van der Waals surface area (Å²) in [5, 5.41) is 3.65. The molecule has 2 saturated carbocycles. The first-order valence-corrected chi connectivity index (χ1v) is 8.38. The van der Waals surface area contributed by atoms with Crippen LogP contribution in [0.25, 0.3) is 0 Å². The van der Waals surface area contributed by atoms with Crippen molar-refractivity contribution < 1.29 is 9.47 Å². The molecule has 1 aromatic rings. The molecule has 2 aliphatic rings. The molecular weight excluding hydrogens is 262 g/mol. The second-order valence-electron chi connectivity index (χ2n) is 6.31. The van der Waals surface area contributed by atoms with E-state index in [0.717, 1.165) is 12.3 Å². The fraction of sp³-hybridized carbons (Fsp3) is 0.667. The molecule has 1 spiro atoms. The topological polar surface area (TPSA) is 30.5 Å². The Morgan fingerprint density at radius 1 is 1.14 bits per heavy atom. The van der Waals surface area contributed by atoms with Crippen LogP contribution < -0.4 is 10.1 Å². The van der Waals surface area contributed by atoms with Gasteiger partial charge in [-0.05, 0) is 37.9 Å². The quantitative estimate of drug-likeness (QED) is 0.780. The van der Waals surface area contributed by atoms with Crippen LogP contribution in [0.4, 0.5) is 0 Å². The van der Waals surface area contributed by atoms with Gasteiger partial charge in [0.05, 0.1) is 12.7 Å². The van der Waals surface area contributed by atoms with Crippen molar-refractivity contribution in [3.63, 3.8) is 0 Å². The van der Waals surface area contributed by atoms with Gasteiger partial charge < -0.3 is 14.8 Å². The Bertz CT molecular complexity index is 428. The summed E-state index contributed by atoms with van der Waals surface area (Å²) in [5.41, 5.74) is 0.419. The summed E-state index contributed by atoms with van der Waals surface area (Å²) in [6.45, 7) is 4.60. The first-order chi connectivity index (χ1) is 10.3. The first kappa shape index (κ1) is 14.9. The second kappa shape index (κ2) is 6.80. The van der Waals surface area contributed by atoms with E-state index in [0.29, 0.717) is 30.8 Å². The lowest BCUT2D eigenvalue weighted by molar-refractivity contribution is -0.136. The summed E-state index contributed by atoms with van der Waals surface area (Å²) in [7, 11) is 0. The van der Waals surface area contributed by atoms with Crippen molar-refractivity contribution in [2.75, 3.05) is 19.8 Å². The molecule has 0 aromatic heterocycles. The Morgan fingerprint density at radius 2 is 1.90 bits per heavy atom. The number of hydrogen-bond acceptors (Lipinski definition) is 3. The van der Waals surface area contributed by atoms with Crippen molar-refractivity contribution >= 4 is 0 Å². The van der Waals surface area contributed by atoms with Gasteiger partial charge in [-0.2, -0.15) is 0 Å². The van der Waals surface area contributed by atoms with Gasteiger partial charge in [0.25, 0.3) is 0 Å². The van der Waals surface area contributed by atoms with Gasteiger partial charge in [-0.3, -0.25) is 0 Å². The molecule has 0 aliphatic heterocycles. The smallest absolute Gasteiger partial charge is 0.119 e. The van der Waals surface area contributed by atoms with Crippen LogP contribution in [-0.2, 0) is 4.74 Å². The molecule has 0 heterocycles. The lowest BCUT2D eigenvalue weighted by atomic mass is 9.60. The Balaban J connectivity index is 1.43. The molecule has 1 aromatic carbocycles. The predicted molar refractivity (Wildman–Crippen MR) is 84.7 cm³/mol. The van der Waals surface area contributed by atoms with Crippen LogP contribution >= 0.6 is 0 Å². The van der Waals surface area contributed by atoms with Crippen LogP contribution in [0.1, 0.15) is 39.0 Å². The van der Waals surface area contributed by atoms with E-state index in [1.54, 1.807) is 0 Å². The number of rotatable bonds is 7. The maximum Gasteiger partial charge on any atom is 0.119 e. The fourth-order valence-electron chi connectivity index (χ4n) is 4.08. The summed E-state index contributed by atoms with van der Waals surface area (Å²) in [4.78, 5) is 0. The molecule has 3 nitrogen and oxygen atoms in total. The average Bonchev–Trinajstić information content (AvgIpc) is 3.03. The van der Waals surface area contributed by atoms with Crippen molar-refractivity contribution in [2.45, 2.75) is 51.2 Å². The third kappa shape index (κ3) is 3.09. The second-order valence-corrected chi connectivity index (χ2v) is 6.31. The highest BCUT2D eigenvalue weighted by atomic mass is 16.5. The number of ether oxygens (including phenoxy) is 2. The van der Waals surface area contributed by atoms with Crippen molar-refractivity contribution in [1.82, 2.24) is 5.32 Å². The monoisotopic (exact) mass is 289 g/mol. The lowest BCUT2D eigenvalue weighted by Crippen LogP contribution is -2.62. The SMILES string of the molecule is CCNC1CC(OCCOc2ccccc2)C12CCCC2. The van der Waals surface area contributed by atoms with Crippen LogP contribution in [0.15, 0.2) is 30.3 Å². The standard InChI is InChI=1S/C18H27NO2/c1-2-19-16-14-17(18(16)10-6-7-11-18)21-13-12-20-15-8-4-3-5-9-15/h3-5,8-9,16-17,19H,2,6-7,10-14H2,1H3. The van der Waals surface area contributed by atoms with Crippen LogP contribution in [0.3, 0.4) is 0 Å². The van der Waals surface area contributed by atoms with E-state index in [-0.39, 0.29) is 0 Å². The third-order valence-electron chi connectivity index (χ3n) is 5.18. The Labute approximate surface area is 128 Å². The molecule has 21 heavy (non-hydrogen) atoms. The first-order valence-electron chi connectivity index (χ1n) is 8.38. The molecule has 0 amide bonds. The van der Waals surface area contributed by atoms with E-state index in [2.05, 4.69) is 12.2 Å². The molecule has 3 heteroatoms. The summed E-state index contributed by atoms with van der Waals surface area (Å²) in [6.07, 6.45) is 6.98. The van der Waals surface area contributed by atoms with Gasteiger partial charge in [-0.25, -0.2) is 0 Å². The van der Waals surface area contributed by atoms with Crippen LogP contribution in [-0.4, -0.2) is 31.9 Å². The van der Waals surface area contributed by atoms with E-state index >= 15 is 0 Å².